The SMILES string of the molecule is N#CC1(c2ncncc2I)CCCC1. The molecule has 1 aliphatic carbocycles. The van der Waals surface area contributed by atoms with Crippen LogP contribution in [0.15, 0.2) is 12.5 Å². The molecule has 0 saturated heterocycles. The van der Waals surface area contributed by atoms with Crippen molar-refractivity contribution < 1.29 is 0 Å². The van der Waals surface area contributed by atoms with Crippen molar-refractivity contribution in [1.29, 1.82) is 5.26 Å². The van der Waals surface area contributed by atoms with Gasteiger partial charge in [-0.2, -0.15) is 5.26 Å². The number of aromatic nitrogens is 2. The fraction of sp³-hybridized carbons (Fsp3) is 0.500. The summed E-state index contributed by atoms with van der Waals surface area (Å²) in [6.07, 6.45) is 7.46. The van der Waals surface area contributed by atoms with Crippen molar-refractivity contribution in [2.45, 2.75) is 31.1 Å². The van der Waals surface area contributed by atoms with E-state index in [1.807, 2.05) is 0 Å². The summed E-state index contributed by atoms with van der Waals surface area (Å²) < 4.78 is 1.01. The molecule has 0 aliphatic heterocycles. The predicted octanol–water partition coefficient (Wildman–Crippen LogP) is 2.42. The minimum absolute atomic E-state index is 0.334. The number of hydrogen-bond donors (Lipinski definition) is 0. The molecule has 0 radical (unpaired) electrons. The zero-order valence-corrected chi connectivity index (χ0v) is 9.86. The van der Waals surface area contributed by atoms with Crippen molar-refractivity contribution in [3.05, 3.63) is 21.8 Å². The quantitative estimate of drug-likeness (QED) is 0.748. The molecular formula is C10H10IN3. The van der Waals surface area contributed by atoms with E-state index in [4.69, 9.17) is 0 Å². The Balaban J connectivity index is 2.47. The topological polar surface area (TPSA) is 49.6 Å². The normalized spacial score (nSPS) is 19.1. The van der Waals surface area contributed by atoms with Gasteiger partial charge in [-0.15, -0.1) is 0 Å². The number of hydrogen-bond acceptors (Lipinski definition) is 3. The van der Waals surface area contributed by atoms with E-state index in [-0.39, 0.29) is 5.41 Å². The second-order valence-electron chi connectivity index (χ2n) is 3.62. The fourth-order valence-electron chi connectivity index (χ4n) is 2.04. The molecular weight excluding hydrogens is 289 g/mol. The average Bonchev–Trinajstić information content (AvgIpc) is 2.68. The van der Waals surface area contributed by atoms with Crippen LogP contribution in [0.1, 0.15) is 31.4 Å². The Morgan fingerprint density at radius 2 is 2.14 bits per heavy atom. The van der Waals surface area contributed by atoms with Gasteiger partial charge in [-0.3, -0.25) is 0 Å². The van der Waals surface area contributed by atoms with Crippen molar-refractivity contribution in [3.8, 4) is 6.07 Å². The van der Waals surface area contributed by atoms with Gasteiger partial charge < -0.3 is 0 Å². The molecule has 1 aromatic heterocycles. The number of nitrogens with zero attached hydrogens (tertiary/aromatic N) is 3. The van der Waals surface area contributed by atoms with Gasteiger partial charge in [0.05, 0.1) is 15.3 Å². The summed E-state index contributed by atoms with van der Waals surface area (Å²) in [5, 5.41) is 9.28. The molecule has 0 atom stereocenters. The van der Waals surface area contributed by atoms with Gasteiger partial charge in [-0.05, 0) is 35.4 Å². The van der Waals surface area contributed by atoms with Gasteiger partial charge >= 0.3 is 0 Å². The van der Waals surface area contributed by atoms with Crippen LogP contribution in [0, 0.1) is 14.9 Å². The van der Waals surface area contributed by atoms with Crippen molar-refractivity contribution in [2.75, 3.05) is 0 Å². The molecule has 3 nitrogen and oxygen atoms in total. The largest absolute Gasteiger partial charge is 0.244 e. The Labute approximate surface area is 96.7 Å². The van der Waals surface area contributed by atoms with E-state index in [0.29, 0.717) is 0 Å². The lowest BCUT2D eigenvalue weighted by atomic mass is 9.84. The molecule has 14 heavy (non-hydrogen) atoms. The average molecular weight is 299 g/mol. The van der Waals surface area contributed by atoms with Crippen LogP contribution in [0.3, 0.4) is 0 Å². The van der Waals surface area contributed by atoms with Gasteiger partial charge in [0.15, 0.2) is 0 Å². The predicted molar refractivity (Wildman–Crippen MR) is 60.5 cm³/mol. The molecule has 1 fully saturated rings. The smallest absolute Gasteiger partial charge is 0.115 e. The third-order valence-electron chi connectivity index (χ3n) is 2.79. The molecule has 2 rings (SSSR count). The standard InChI is InChI=1S/C10H10IN3/c11-8-5-13-7-14-9(8)10(6-12)3-1-2-4-10/h5,7H,1-4H2. The maximum Gasteiger partial charge on any atom is 0.115 e. The Bertz CT molecular complexity index is 377. The van der Waals surface area contributed by atoms with Crippen molar-refractivity contribution in [3.63, 3.8) is 0 Å². The summed E-state index contributed by atoms with van der Waals surface area (Å²) >= 11 is 2.21. The van der Waals surface area contributed by atoms with Gasteiger partial charge in [-0.1, -0.05) is 12.8 Å². The molecule has 0 bridgehead atoms. The summed E-state index contributed by atoms with van der Waals surface area (Å²) in [5.74, 6) is 0. The molecule has 1 saturated carbocycles. The molecule has 1 aliphatic rings. The second kappa shape index (κ2) is 3.81. The number of halogens is 1. The molecule has 0 aromatic carbocycles. The highest BCUT2D eigenvalue weighted by Crippen LogP contribution is 2.40. The lowest BCUT2D eigenvalue weighted by Crippen LogP contribution is -2.22. The first kappa shape index (κ1) is 9.84. The third-order valence-corrected chi connectivity index (χ3v) is 3.58. The molecule has 0 spiro atoms. The summed E-state index contributed by atoms with van der Waals surface area (Å²) in [6, 6.07) is 2.44. The van der Waals surface area contributed by atoms with E-state index in [1.165, 1.54) is 6.33 Å². The van der Waals surface area contributed by atoms with Crippen LogP contribution >= 0.6 is 22.6 Å². The summed E-state index contributed by atoms with van der Waals surface area (Å²) in [5.41, 5.74) is 0.590. The third kappa shape index (κ3) is 1.50. The first-order valence-electron chi connectivity index (χ1n) is 4.66. The maximum atomic E-state index is 9.28. The molecule has 0 unspecified atom stereocenters. The van der Waals surface area contributed by atoms with Crippen LogP contribution in [-0.4, -0.2) is 9.97 Å². The van der Waals surface area contributed by atoms with Crippen molar-refractivity contribution in [2.24, 2.45) is 0 Å². The first-order valence-corrected chi connectivity index (χ1v) is 5.74. The van der Waals surface area contributed by atoms with Gasteiger partial charge in [-0.25, -0.2) is 9.97 Å². The minimum atomic E-state index is -0.334. The summed E-state index contributed by atoms with van der Waals surface area (Å²) in [7, 11) is 0. The second-order valence-corrected chi connectivity index (χ2v) is 4.78. The monoisotopic (exact) mass is 299 g/mol. The molecule has 0 N–H and O–H groups in total. The van der Waals surface area contributed by atoms with Gasteiger partial charge in [0.25, 0.3) is 0 Å². The highest BCUT2D eigenvalue weighted by Gasteiger charge is 2.38. The van der Waals surface area contributed by atoms with E-state index in [9.17, 15) is 5.26 Å². The van der Waals surface area contributed by atoms with Gasteiger partial charge in [0, 0.05) is 6.20 Å². The minimum Gasteiger partial charge on any atom is -0.244 e. The molecule has 4 heteroatoms. The Hall–Kier alpha value is -0.700. The highest BCUT2D eigenvalue weighted by molar-refractivity contribution is 14.1. The van der Waals surface area contributed by atoms with Crippen LogP contribution in [0.4, 0.5) is 0 Å². The van der Waals surface area contributed by atoms with E-state index >= 15 is 0 Å². The van der Waals surface area contributed by atoms with E-state index < -0.39 is 0 Å². The Kier molecular flexibility index (Phi) is 2.68. The number of rotatable bonds is 1. The van der Waals surface area contributed by atoms with Crippen LogP contribution in [0.5, 0.6) is 0 Å². The van der Waals surface area contributed by atoms with Crippen molar-refractivity contribution >= 4 is 22.6 Å². The van der Waals surface area contributed by atoms with Gasteiger partial charge in [0.2, 0.25) is 0 Å². The fourth-order valence-corrected chi connectivity index (χ4v) is 2.86. The molecule has 1 heterocycles. The van der Waals surface area contributed by atoms with E-state index in [1.54, 1.807) is 6.20 Å². The summed E-state index contributed by atoms with van der Waals surface area (Å²) in [4.78, 5) is 8.22. The zero-order chi connectivity index (χ0) is 10.0. The Morgan fingerprint density at radius 3 is 2.71 bits per heavy atom. The van der Waals surface area contributed by atoms with Crippen LogP contribution in [0.25, 0.3) is 0 Å². The van der Waals surface area contributed by atoms with Crippen molar-refractivity contribution in [1.82, 2.24) is 9.97 Å². The van der Waals surface area contributed by atoms with E-state index in [0.717, 1.165) is 34.9 Å². The number of nitriles is 1. The van der Waals surface area contributed by atoms with E-state index in [2.05, 4.69) is 38.6 Å². The first-order chi connectivity index (χ1) is 6.78. The molecule has 1 aromatic rings. The lowest BCUT2D eigenvalue weighted by molar-refractivity contribution is 0.548. The zero-order valence-electron chi connectivity index (χ0n) is 7.70. The molecule has 0 amide bonds. The lowest BCUT2D eigenvalue weighted by Gasteiger charge is -2.19. The maximum absolute atomic E-state index is 9.28. The van der Waals surface area contributed by atoms with Gasteiger partial charge in [0.1, 0.15) is 11.7 Å². The van der Waals surface area contributed by atoms with Crippen LogP contribution < -0.4 is 0 Å². The van der Waals surface area contributed by atoms with Crippen LogP contribution in [-0.2, 0) is 5.41 Å². The van der Waals surface area contributed by atoms with Crippen LogP contribution in [0.2, 0.25) is 0 Å². The summed E-state index contributed by atoms with van der Waals surface area (Å²) in [6.45, 7) is 0. The highest BCUT2D eigenvalue weighted by atomic mass is 127. The molecule has 72 valence electrons. The Morgan fingerprint density at radius 1 is 1.43 bits per heavy atom.